The Morgan fingerprint density at radius 3 is 2.62 bits per heavy atom. The Bertz CT molecular complexity index is 927. The zero-order chi connectivity index (χ0) is 20.4. The minimum absolute atomic E-state index is 0.0804. The van der Waals surface area contributed by atoms with E-state index in [-0.39, 0.29) is 12.5 Å². The molecule has 7 heteroatoms. The first-order valence-corrected chi connectivity index (χ1v) is 9.76. The molecule has 0 atom stereocenters. The molecule has 1 spiro atoms. The van der Waals surface area contributed by atoms with Gasteiger partial charge in [0.1, 0.15) is 11.6 Å². The number of carbonyl (C=O) groups excluding carboxylic acids is 2. The van der Waals surface area contributed by atoms with Gasteiger partial charge in [0.2, 0.25) is 5.72 Å². The monoisotopic (exact) mass is 398 g/mol. The molecule has 1 heterocycles. The van der Waals surface area contributed by atoms with Crippen molar-refractivity contribution in [1.29, 1.82) is 0 Å². The Labute approximate surface area is 168 Å². The SMILES string of the molecule is COc1cccc(C(=O)N2N(Cc3ccccc3F)C(=O)OC23CCCCC3)c1. The minimum Gasteiger partial charge on any atom is -0.497 e. The van der Waals surface area contributed by atoms with E-state index in [0.29, 0.717) is 29.7 Å². The van der Waals surface area contributed by atoms with Crippen LogP contribution in [0.4, 0.5) is 9.18 Å². The smallest absolute Gasteiger partial charge is 0.431 e. The van der Waals surface area contributed by atoms with Gasteiger partial charge in [-0.15, -0.1) is 0 Å². The van der Waals surface area contributed by atoms with Crippen molar-refractivity contribution < 1.29 is 23.5 Å². The zero-order valence-electron chi connectivity index (χ0n) is 16.3. The lowest BCUT2D eigenvalue weighted by atomic mass is 9.90. The van der Waals surface area contributed by atoms with E-state index in [4.69, 9.17) is 9.47 Å². The van der Waals surface area contributed by atoms with E-state index in [1.165, 1.54) is 23.2 Å². The summed E-state index contributed by atoms with van der Waals surface area (Å²) in [6.45, 7) is -0.0804. The number of ether oxygens (including phenoxy) is 2. The lowest BCUT2D eigenvalue weighted by Crippen LogP contribution is -2.54. The normalized spacial score (nSPS) is 18.1. The number of hydrogen-bond acceptors (Lipinski definition) is 4. The summed E-state index contributed by atoms with van der Waals surface area (Å²) >= 11 is 0. The van der Waals surface area contributed by atoms with Gasteiger partial charge in [-0.3, -0.25) is 4.79 Å². The summed E-state index contributed by atoms with van der Waals surface area (Å²) in [6.07, 6.45) is 3.20. The van der Waals surface area contributed by atoms with E-state index in [2.05, 4.69) is 0 Å². The molecule has 2 aromatic carbocycles. The Balaban J connectivity index is 1.73. The van der Waals surface area contributed by atoms with Gasteiger partial charge < -0.3 is 9.47 Å². The summed E-state index contributed by atoms with van der Waals surface area (Å²) in [7, 11) is 1.53. The third-order valence-corrected chi connectivity index (χ3v) is 5.54. The highest BCUT2D eigenvalue weighted by atomic mass is 19.1. The summed E-state index contributed by atoms with van der Waals surface area (Å²) in [5.74, 6) is -0.257. The van der Waals surface area contributed by atoms with Crippen molar-refractivity contribution in [1.82, 2.24) is 10.0 Å². The summed E-state index contributed by atoms with van der Waals surface area (Å²) in [5.41, 5.74) is -0.326. The third-order valence-electron chi connectivity index (χ3n) is 5.54. The Morgan fingerprint density at radius 2 is 1.90 bits per heavy atom. The molecule has 0 aromatic heterocycles. The van der Waals surface area contributed by atoms with Crippen molar-refractivity contribution in [2.75, 3.05) is 7.11 Å². The van der Waals surface area contributed by atoms with Gasteiger partial charge in [-0.25, -0.2) is 19.2 Å². The number of nitrogens with zero attached hydrogens (tertiary/aromatic N) is 2. The van der Waals surface area contributed by atoms with Crippen molar-refractivity contribution in [2.45, 2.75) is 44.4 Å². The van der Waals surface area contributed by atoms with Crippen LogP contribution in [0.25, 0.3) is 0 Å². The van der Waals surface area contributed by atoms with Crippen LogP contribution in [-0.2, 0) is 11.3 Å². The fourth-order valence-electron chi connectivity index (χ4n) is 4.07. The second-order valence-electron chi connectivity index (χ2n) is 7.37. The average Bonchev–Trinajstić information content (AvgIpc) is 3.00. The molecular formula is C22H23FN2O4. The van der Waals surface area contributed by atoms with Gasteiger partial charge in [0.25, 0.3) is 5.91 Å². The number of methoxy groups -OCH3 is 1. The van der Waals surface area contributed by atoms with Crippen LogP contribution in [0.3, 0.4) is 0 Å². The van der Waals surface area contributed by atoms with E-state index < -0.39 is 17.6 Å². The lowest BCUT2D eigenvalue weighted by Gasteiger charge is -2.40. The first-order valence-electron chi connectivity index (χ1n) is 9.76. The highest BCUT2D eigenvalue weighted by molar-refractivity contribution is 5.96. The lowest BCUT2D eigenvalue weighted by molar-refractivity contribution is -0.106. The van der Waals surface area contributed by atoms with E-state index in [1.807, 2.05) is 0 Å². The summed E-state index contributed by atoms with van der Waals surface area (Å²) < 4.78 is 25.3. The van der Waals surface area contributed by atoms with E-state index in [1.54, 1.807) is 42.5 Å². The van der Waals surface area contributed by atoms with Crippen LogP contribution in [0.15, 0.2) is 48.5 Å². The number of halogens is 1. The number of amides is 2. The first kappa shape index (κ1) is 19.2. The first-order chi connectivity index (χ1) is 14.0. The van der Waals surface area contributed by atoms with Crippen molar-refractivity contribution in [3.05, 3.63) is 65.5 Å². The summed E-state index contributed by atoms with van der Waals surface area (Å²) in [6, 6.07) is 13.0. The molecule has 2 aromatic rings. The molecule has 152 valence electrons. The molecular weight excluding hydrogens is 375 g/mol. The molecule has 1 saturated heterocycles. The quantitative estimate of drug-likeness (QED) is 0.761. The van der Waals surface area contributed by atoms with Crippen molar-refractivity contribution >= 4 is 12.0 Å². The molecule has 29 heavy (non-hydrogen) atoms. The maximum absolute atomic E-state index is 14.3. The molecule has 6 nitrogen and oxygen atoms in total. The number of hydrogen-bond donors (Lipinski definition) is 0. The molecule has 1 aliphatic carbocycles. The van der Waals surface area contributed by atoms with Crippen molar-refractivity contribution in [2.24, 2.45) is 0 Å². The Hall–Kier alpha value is -3.09. The maximum atomic E-state index is 14.3. The van der Waals surface area contributed by atoms with Crippen LogP contribution in [-0.4, -0.2) is 34.9 Å². The van der Waals surface area contributed by atoms with Crippen LogP contribution in [0, 0.1) is 5.82 Å². The third kappa shape index (κ3) is 3.52. The van der Waals surface area contributed by atoms with Gasteiger partial charge in [-0.2, -0.15) is 0 Å². The van der Waals surface area contributed by atoms with Crippen molar-refractivity contribution in [3.8, 4) is 5.75 Å². The maximum Gasteiger partial charge on any atom is 0.431 e. The van der Waals surface area contributed by atoms with E-state index in [0.717, 1.165) is 19.3 Å². The highest BCUT2D eigenvalue weighted by Crippen LogP contribution is 2.42. The van der Waals surface area contributed by atoms with Gasteiger partial charge in [-0.1, -0.05) is 30.7 Å². The van der Waals surface area contributed by atoms with Crippen LogP contribution >= 0.6 is 0 Å². The topological polar surface area (TPSA) is 59.1 Å². The molecule has 0 N–H and O–H groups in total. The molecule has 2 fully saturated rings. The number of benzene rings is 2. The Kier molecular flexibility index (Phi) is 5.13. The highest BCUT2D eigenvalue weighted by Gasteiger charge is 2.55. The van der Waals surface area contributed by atoms with Gasteiger partial charge in [0, 0.05) is 24.0 Å². The minimum atomic E-state index is -1.03. The van der Waals surface area contributed by atoms with Gasteiger partial charge in [0.05, 0.1) is 13.7 Å². The summed E-state index contributed by atoms with van der Waals surface area (Å²) in [5, 5.41) is 2.63. The standard InChI is InChI=1S/C22H23FN2O4/c1-28-18-10-7-9-16(14-18)20(26)25-22(12-5-2-6-13-22)29-21(27)24(25)15-17-8-3-4-11-19(17)23/h3-4,7-11,14H,2,5-6,12-13,15H2,1H3. The fourth-order valence-corrected chi connectivity index (χ4v) is 4.07. The van der Waals surface area contributed by atoms with Gasteiger partial charge >= 0.3 is 6.09 Å². The van der Waals surface area contributed by atoms with E-state index >= 15 is 0 Å². The van der Waals surface area contributed by atoms with E-state index in [9.17, 15) is 14.0 Å². The molecule has 0 bridgehead atoms. The zero-order valence-corrected chi connectivity index (χ0v) is 16.3. The molecule has 1 saturated carbocycles. The van der Waals surface area contributed by atoms with Crippen LogP contribution in [0.5, 0.6) is 5.75 Å². The predicted octanol–water partition coefficient (Wildman–Crippen LogP) is 4.50. The largest absolute Gasteiger partial charge is 0.497 e. The number of rotatable bonds is 4. The second-order valence-corrected chi connectivity index (χ2v) is 7.37. The number of hydrazine groups is 1. The van der Waals surface area contributed by atoms with Gasteiger partial charge in [0.15, 0.2) is 0 Å². The number of carbonyl (C=O) groups is 2. The molecule has 2 amide bonds. The molecule has 2 aliphatic rings. The molecule has 0 unspecified atom stereocenters. The Morgan fingerprint density at radius 1 is 1.14 bits per heavy atom. The fraction of sp³-hybridized carbons (Fsp3) is 0.364. The van der Waals surface area contributed by atoms with Gasteiger partial charge in [-0.05, 0) is 37.1 Å². The van der Waals surface area contributed by atoms with Crippen LogP contribution in [0.2, 0.25) is 0 Å². The van der Waals surface area contributed by atoms with Crippen LogP contribution in [0.1, 0.15) is 48.0 Å². The molecule has 1 aliphatic heterocycles. The molecule has 4 rings (SSSR count). The second kappa shape index (κ2) is 7.73. The molecule has 0 radical (unpaired) electrons. The predicted molar refractivity (Wildman–Crippen MR) is 103 cm³/mol. The van der Waals surface area contributed by atoms with Crippen LogP contribution < -0.4 is 4.74 Å². The summed E-state index contributed by atoms with van der Waals surface area (Å²) in [4.78, 5) is 26.3. The average molecular weight is 398 g/mol. The van der Waals surface area contributed by atoms with Crippen molar-refractivity contribution in [3.63, 3.8) is 0 Å².